The van der Waals surface area contributed by atoms with Gasteiger partial charge >= 0.3 is 6.03 Å². The summed E-state index contributed by atoms with van der Waals surface area (Å²) in [5.74, 6) is 0.649. The first-order valence-corrected chi connectivity index (χ1v) is 11.6. The van der Waals surface area contributed by atoms with Crippen LogP contribution < -0.4 is 5.43 Å². The minimum atomic E-state index is -0.122. The maximum atomic E-state index is 13.4. The van der Waals surface area contributed by atoms with Gasteiger partial charge in [-0.05, 0) is 71.0 Å². The van der Waals surface area contributed by atoms with Gasteiger partial charge in [-0.15, -0.1) is 0 Å². The van der Waals surface area contributed by atoms with Crippen LogP contribution in [0.15, 0.2) is 30.3 Å². The highest BCUT2D eigenvalue weighted by Crippen LogP contribution is 2.49. The molecule has 2 aliphatic carbocycles. The van der Waals surface area contributed by atoms with Crippen LogP contribution in [0.3, 0.4) is 0 Å². The number of benzene rings is 1. The van der Waals surface area contributed by atoms with Crippen molar-refractivity contribution in [2.75, 3.05) is 33.8 Å². The van der Waals surface area contributed by atoms with Crippen molar-refractivity contribution < 1.29 is 9.90 Å². The molecule has 6 nitrogen and oxygen atoms in total. The predicted molar refractivity (Wildman–Crippen MR) is 119 cm³/mol. The molecule has 3 fully saturated rings. The van der Waals surface area contributed by atoms with Gasteiger partial charge in [0.15, 0.2) is 0 Å². The molecule has 2 N–H and O–H groups in total. The Hall–Kier alpha value is -1.63. The number of hydrogen-bond donors (Lipinski definition) is 2. The summed E-state index contributed by atoms with van der Waals surface area (Å²) in [5, 5.41) is 11.3. The summed E-state index contributed by atoms with van der Waals surface area (Å²) in [6, 6.07) is 10.8. The number of nitrogens with zero attached hydrogens (tertiary/aromatic N) is 3. The van der Waals surface area contributed by atoms with Crippen LogP contribution in [0.5, 0.6) is 0 Å². The highest BCUT2D eigenvalue weighted by atomic mass is 16.3. The highest BCUT2D eigenvalue weighted by molar-refractivity contribution is 5.78. The summed E-state index contributed by atoms with van der Waals surface area (Å²) in [5.41, 5.74) is 4.54. The molecule has 0 aromatic heterocycles. The van der Waals surface area contributed by atoms with Crippen molar-refractivity contribution in [2.45, 2.75) is 69.0 Å². The minimum absolute atomic E-state index is 0.0247. The van der Waals surface area contributed by atoms with Crippen molar-refractivity contribution in [1.29, 1.82) is 0 Å². The summed E-state index contributed by atoms with van der Waals surface area (Å²) in [4.78, 5) is 17.9. The molecule has 3 aliphatic rings. The van der Waals surface area contributed by atoms with E-state index < -0.39 is 0 Å². The number of carbonyl (C=O) groups is 1. The van der Waals surface area contributed by atoms with Crippen LogP contribution in [-0.2, 0) is 5.54 Å². The van der Waals surface area contributed by atoms with Gasteiger partial charge in [0.05, 0.1) is 18.7 Å². The molecule has 1 aromatic rings. The Morgan fingerprint density at radius 2 is 1.83 bits per heavy atom. The first kappa shape index (κ1) is 21.6. The molecule has 1 atom stereocenters. The lowest BCUT2D eigenvalue weighted by Crippen LogP contribution is -2.56. The van der Waals surface area contributed by atoms with Crippen molar-refractivity contribution >= 4 is 6.03 Å². The summed E-state index contributed by atoms with van der Waals surface area (Å²) < 4.78 is 0. The van der Waals surface area contributed by atoms with Crippen molar-refractivity contribution in [1.82, 2.24) is 20.2 Å². The fraction of sp³-hybridized carbons (Fsp3) is 0.708. The van der Waals surface area contributed by atoms with E-state index in [1.165, 1.54) is 24.8 Å². The largest absolute Gasteiger partial charge is 0.395 e. The molecule has 1 aliphatic heterocycles. The Morgan fingerprint density at radius 1 is 1.17 bits per heavy atom. The van der Waals surface area contributed by atoms with Crippen molar-refractivity contribution in [3.05, 3.63) is 35.9 Å². The molecule has 0 radical (unpaired) electrons. The molecule has 4 rings (SSSR count). The zero-order chi connectivity index (χ0) is 21.4. The van der Waals surface area contributed by atoms with E-state index in [9.17, 15) is 9.90 Å². The van der Waals surface area contributed by atoms with Gasteiger partial charge in [0.25, 0.3) is 0 Å². The van der Waals surface area contributed by atoms with E-state index in [0.29, 0.717) is 12.5 Å². The number of hydrogen-bond acceptors (Lipinski definition) is 4. The lowest BCUT2D eigenvalue weighted by Gasteiger charge is -2.51. The summed E-state index contributed by atoms with van der Waals surface area (Å²) in [6.45, 7) is 3.53. The van der Waals surface area contributed by atoms with Crippen LogP contribution in [0.25, 0.3) is 0 Å². The van der Waals surface area contributed by atoms with Crippen LogP contribution in [0.1, 0.15) is 57.4 Å². The second-order valence-corrected chi connectivity index (χ2v) is 10.0. The third-order valence-corrected chi connectivity index (χ3v) is 7.98. The number of rotatable bonds is 7. The second kappa shape index (κ2) is 8.48. The van der Waals surface area contributed by atoms with Crippen LogP contribution in [0.2, 0.25) is 0 Å². The molecule has 0 unspecified atom stereocenters. The summed E-state index contributed by atoms with van der Waals surface area (Å²) in [6.07, 6.45) is 7.87. The predicted octanol–water partition coefficient (Wildman–Crippen LogP) is 3.18. The van der Waals surface area contributed by atoms with E-state index in [0.717, 1.165) is 32.2 Å². The molecular weight excluding hydrogens is 376 g/mol. The van der Waals surface area contributed by atoms with E-state index in [2.05, 4.69) is 59.7 Å². The van der Waals surface area contributed by atoms with Crippen molar-refractivity contribution in [3.63, 3.8) is 0 Å². The third-order valence-electron chi connectivity index (χ3n) is 7.98. The van der Waals surface area contributed by atoms with Crippen LogP contribution in [0.4, 0.5) is 4.79 Å². The Bertz CT molecular complexity index is 726. The van der Waals surface area contributed by atoms with Gasteiger partial charge in [0.1, 0.15) is 0 Å². The quantitative estimate of drug-likeness (QED) is 0.720. The number of carbonyl (C=O) groups excluding carboxylic acids is 1. The molecule has 0 bridgehead atoms. The first-order valence-electron chi connectivity index (χ1n) is 11.6. The molecule has 2 saturated carbocycles. The maximum Gasteiger partial charge on any atom is 0.334 e. The minimum Gasteiger partial charge on any atom is -0.395 e. The van der Waals surface area contributed by atoms with Crippen molar-refractivity contribution in [3.8, 4) is 0 Å². The normalized spacial score (nSPS) is 30.9. The zero-order valence-electron chi connectivity index (χ0n) is 18.8. The van der Waals surface area contributed by atoms with Crippen LogP contribution in [-0.4, -0.2) is 71.3 Å². The number of urea groups is 1. The number of aliphatic hydroxyl groups excluding tert-OH is 1. The number of aliphatic hydroxyl groups is 1. The smallest absolute Gasteiger partial charge is 0.334 e. The second-order valence-electron chi connectivity index (χ2n) is 10.0. The summed E-state index contributed by atoms with van der Waals surface area (Å²) in [7, 11) is 4.38. The molecule has 1 heterocycles. The van der Waals surface area contributed by atoms with E-state index in [-0.39, 0.29) is 29.8 Å². The molecule has 6 heteroatoms. The van der Waals surface area contributed by atoms with Gasteiger partial charge in [0.2, 0.25) is 0 Å². The topological polar surface area (TPSA) is 59.1 Å². The van der Waals surface area contributed by atoms with Gasteiger partial charge in [-0.1, -0.05) is 36.8 Å². The Balaban J connectivity index is 1.57. The first-order chi connectivity index (χ1) is 14.4. The van der Waals surface area contributed by atoms with E-state index in [4.69, 9.17) is 0 Å². The Kier molecular flexibility index (Phi) is 6.11. The Labute approximate surface area is 181 Å². The standard InChI is InChI=1S/C24H38N4O2/c1-19(17-29)25-28-18-23(27(22(28)30)16-20-8-7-9-20)12-14-24(15-13-23,26(2)3)21-10-5-4-6-11-21/h4-6,10-11,19-20,25,29H,7-9,12-18H2,1-3H3/t19-,23?,24?/m1/s1. The van der Waals surface area contributed by atoms with Gasteiger partial charge in [-0.2, -0.15) is 0 Å². The van der Waals surface area contributed by atoms with Gasteiger partial charge in [-0.25, -0.2) is 10.2 Å². The third kappa shape index (κ3) is 3.74. The van der Waals surface area contributed by atoms with Gasteiger partial charge in [-0.3, -0.25) is 9.91 Å². The molecule has 2 amide bonds. The molecule has 1 saturated heterocycles. The summed E-state index contributed by atoms with van der Waals surface area (Å²) >= 11 is 0. The molecule has 1 spiro atoms. The number of nitrogens with one attached hydrogen (secondary N) is 1. The highest BCUT2D eigenvalue weighted by Gasteiger charge is 2.55. The zero-order valence-corrected chi connectivity index (χ0v) is 18.8. The lowest BCUT2D eigenvalue weighted by molar-refractivity contribution is 0.0150. The van der Waals surface area contributed by atoms with E-state index in [1.54, 1.807) is 5.01 Å². The fourth-order valence-electron chi connectivity index (χ4n) is 5.71. The van der Waals surface area contributed by atoms with E-state index >= 15 is 0 Å². The molecule has 1 aromatic carbocycles. The molecule has 166 valence electrons. The monoisotopic (exact) mass is 414 g/mol. The maximum absolute atomic E-state index is 13.4. The molecule has 30 heavy (non-hydrogen) atoms. The van der Waals surface area contributed by atoms with Crippen molar-refractivity contribution in [2.24, 2.45) is 5.92 Å². The van der Waals surface area contributed by atoms with Crippen LogP contribution in [0, 0.1) is 5.92 Å². The SMILES string of the molecule is C[C@H](CO)NN1CC2(CCC(c3ccccc3)(N(C)C)CC2)N(CC2CCC2)C1=O. The van der Waals surface area contributed by atoms with E-state index in [1.807, 2.05) is 6.92 Å². The average Bonchev–Trinajstić information content (AvgIpc) is 2.96. The lowest BCUT2D eigenvalue weighted by atomic mass is 9.68. The Morgan fingerprint density at radius 3 is 2.37 bits per heavy atom. The number of hydrazine groups is 1. The molecular formula is C24H38N4O2. The fourth-order valence-corrected chi connectivity index (χ4v) is 5.71. The number of amides is 2. The van der Waals surface area contributed by atoms with Gasteiger partial charge < -0.3 is 10.0 Å². The average molecular weight is 415 g/mol. The van der Waals surface area contributed by atoms with Gasteiger partial charge in [0, 0.05) is 18.1 Å². The van der Waals surface area contributed by atoms with Crippen LogP contribution >= 0.6 is 0 Å².